The van der Waals surface area contributed by atoms with Crippen molar-refractivity contribution in [3.63, 3.8) is 0 Å². The molecule has 24 heavy (non-hydrogen) atoms. The highest BCUT2D eigenvalue weighted by Crippen LogP contribution is 2.17. The van der Waals surface area contributed by atoms with Crippen LogP contribution < -0.4 is 5.32 Å². The zero-order valence-corrected chi connectivity index (χ0v) is 15.4. The molecule has 2 rings (SSSR count). The highest BCUT2D eigenvalue weighted by atomic mass is 16.2. The van der Waals surface area contributed by atoms with Crippen molar-refractivity contribution in [2.45, 2.75) is 76.7 Å². The number of nitrogens with zero attached hydrogens (tertiary/aromatic N) is 2. The molecule has 0 aromatic rings. The standard InChI is InChI=1S/C19H35N3O2/c1-21-13-15-22(16-14-21)19(24)18(23)20-17-11-9-7-5-3-2-4-6-8-10-12-17/h17H,2-16H2,1H3,(H,20,23). The van der Waals surface area contributed by atoms with Crippen LogP contribution in [-0.4, -0.2) is 60.9 Å². The molecular formula is C19H35N3O2. The predicted octanol–water partition coefficient (Wildman–Crippen LogP) is 2.55. The van der Waals surface area contributed by atoms with Crippen LogP contribution in [-0.2, 0) is 9.59 Å². The molecule has 2 aliphatic rings. The normalized spacial score (nSPS) is 23.1. The summed E-state index contributed by atoms with van der Waals surface area (Å²) in [7, 11) is 2.05. The summed E-state index contributed by atoms with van der Waals surface area (Å²) in [5.74, 6) is -0.731. The fraction of sp³-hybridized carbons (Fsp3) is 0.895. The van der Waals surface area contributed by atoms with E-state index in [1.807, 2.05) is 7.05 Å². The maximum atomic E-state index is 12.4. The molecule has 0 radical (unpaired) electrons. The minimum Gasteiger partial charge on any atom is -0.345 e. The first kappa shape index (κ1) is 19.2. The van der Waals surface area contributed by atoms with Crippen molar-refractivity contribution in [1.29, 1.82) is 0 Å². The molecule has 0 atom stereocenters. The van der Waals surface area contributed by atoms with Crippen molar-refractivity contribution in [2.24, 2.45) is 0 Å². The van der Waals surface area contributed by atoms with Crippen LogP contribution in [0.15, 0.2) is 0 Å². The lowest BCUT2D eigenvalue weighted by molar-refractivity contribution is -0.147. The fourth-order valence-electron chi connectivity index (χ4n) is 3.71. The Kier molecular flexibility index (Phi) is 8.57. The van der Waals surface area contributed by atoms with Gasteiger partial charge in [0.05, 0.1) is 0 Å². The Balaban J connectivity index is 1.78. The Morgan fingerprint density at radius 2 is 1.21 bits per heavy atom. The Morgan fingerprint density at radius 3 is 1.71 bits per heavy atom. The predicted molar refractivity (Wildman–Crippen MR) is 96.8 cm³/mol. The Bertz CT molecular complexity index is 380. The third kappa shape index (κ3) is 6.80. The van der Waals surface area contributed by atoms with Crippen molar-refractivity contribution < 1.29 is 9.59 Å². The quantitative estimate of drug-likeness (QED) is 0.748. The summed E-state index contributed by atoms with van der Waals surface area (Å²) in [5, 5.41) is 3.04. The number of hydrogen-bond donors (Lipinski definition) is 1. The molecule has 2 amide bonds. The molecule has 1 aliphatic carbocycles. The molecule has 2 fully saturated rings. The van der Waals surface area contributed by atoms with E-state index in [1.54, 1.807) is 4.90 Å². The Labute approximate surface area is 147 Å². The molecule has 1 heterocycles. The summed E-state index contributed by atoms with van der Waals surface area (Å²) in [5.41, 5.74) is 0. The number of nitrogens with one attached hydrogen (secondary N) is 1. The van der Waals surface area contributed by atoms with Gasteiger partial charge in [0.1, 0.15) is 0 Å². The fourth-order valence-corrected chi connectivity index (χ4v) is 3.71. The molecule has 0 aromatic heterocycles. The lowest BCUT2D eigenvalue weighted by Crippen LogP contribution is -2.52. The summed E-state index contributed by atoms with van der Waals surface area (Å²) < 4.78 is 0. The second-order valence-electron chi connectivity index (χ2n) is 7.53. The number of piperazine rings is 1. The average Bonchev–Trinajstić information content (AvgIpc) is 2.57. The summed E-state index contributed by atoms with van der Waals surface area (Å²) in [6.07, 6.45) is 13.5. The molecule has 1 saturated carbocycles. The molecule has 0 spiro atoms. The molecule has 5 nitrogen and oxygen atoms in total. The number of rotatable bonds is 1. The minimum absolute atomic E-state index is 0.174. The van der Waals surface area contributed by atoms with Crippen molar-refractivity contribution in [1.82, 2.24) is 15.1 Å². The summed E-state index contributed by atoms with van der Waals surface area (Å²) in [6.45, 7) is 3.02. The monoisotopic (exact) mass is 337 g/mol. The number of carbonyl (C=O) groups is 2. The van der Waals surface area contributed by atoms with Gasteiger partial charge in [-0.2, -0.15) is 0 Å². The SMILES string of the molecule is CN1CCN(C(=O)C(=O)NC2CCCCCCCCCCC2)CC1. The van der Waals surface area contributed by atoms with Gasteiger partial charge in [-0.05, 0) is 19.9 Å². The van der Waals surface area contributed by atoms with Crippen molar-refractivity contribution in [3.8, 4) is 0 Å². The number of amides is 2. The van der Waals surface area contributed by atoms with Crippen LogP contribution in [0.5, 0.6) is 0 Å². The van der Waals surface area contributed by atoms with Gasteiger partial charge in [-0.3, -0.25) is 9.59 Å². The molecular weight excluding hydrogens is 302 g/mol. The van der Waals surface area contributed by atoms with Crippen molar-refractivity contribution in [2.75, 3.05) is 33.2 Å². The van der Waals surface area contributed by atoms with Gasteiger partial charge in [0.25, 0.3) is 0 Å². The van der Waals surface area contributed by atoms with Crippen LogP contribution in [0.1, 0.15) is 70.6 Å². The zero-order valence-electron chi connectivity index (χ0n) is 15.4. The molecule has 0 bridgehead atoms. The highest BCUT2D eigenvalue weighted by Gasteiger charge is 2.26. The summed E-state index contributed by atoms with van der Waals surface area (Å²) in [4.78, 5) is 28.6. The second-order valence-corrected chi connectivity index (χ2v) is 7.53. The number of hydrogen-bond acceptors (Lipinski definition) is 3. The van der Waals surface area contributed by atoms with Gasteiger partial charge in [-0.15, -0.1) is 0 Å². The van der Waals surface area contributed by atoms with E-state index in [-0.39, 0.29) is 11.9 Å². The summed E-state index contributed by atoms with van der Waals surface area (Å²) >= 11 is 0. The van der Waals surface area contributed by atoms with Gasteiger partial charge in [-0.25, -0.2) is 0 Å². The van der Waals surface area contributed by atoms with Gasteiger partial charge < -0.3 is 15.1 Å². The van der Waals surface area contributed by atoms with Gasteiger partial charge >= 0.3 is 11.8 Å². The molecule has 1 saturated heterocycles. The van der Waals surface area contributed by atoms with Crippen molar-refractivity contribution in [3.05, 3.63) is 0 Å². The van der Waals surface area contributed by atoms with E-state index in [2.05, 4.69) is 10.2 Å². The van der Waals surface area contributed by atoms with Crippen LogP contribution in [0.2, 0.25) is 0 Å². The van der Waals surface area contributed by atoms with E-state index in [9.17, 15) is 9.59 Å². The van der Waals surface area contributed by atoms with E-state index in [4.69, 9.17) is 0 Å². The lowest BCUT2D eigenvalue weighted by Gasteiger charge is -2.32. The van der Waals surface area contributed by atoms with Gasteiger partial charge in [0.15, 0.2) is 0 Å². The van der Waals surface area contributed by atoms with E-state index >= 15 is 0 Å². The first-order valence-electron chi connectivity index (χ1n) is 9.95. The maximum Gasteiger partial charge on any atom is 0.311 e. The van der Waals surface area contributed by atoms with Crippen LogP contribution in [0.4, 0.5) is 0 Å². The second kappa shape index (κ2) is 10.7. The first-order chi connectivity index (χ1) is 11.7. The smallest absolute Gasteiger partial charge is 0.311 e. The maximum absolute atomic E-state index is 12.4. The van der Waals surface area contributed by atoms with Crippen LogP contribution in [0.25, 0.3) is 0 Å². The van der Waals surface area contributed by atoms with E-state index in [0.717, 1.165) is 38.8 Å². The lowest BCUT2D eigenvalue weighted by atomic mass is 9.98. The molecule has 1 N–H and O–H groups in total. The Hall–Kier alpha value is -1.10. The minimum atomic E-state index is -0.392. The molecule has 138 valence electrons. The first-order valence-corrected chi connectivity index (χ1v) is 9.95. The van der Waals surface area contributed by atoms with Crippen LogP contribution >= 0.6 is 0 Å². The molecule has 0 aromatic carbocycles. The number of likely N-dealkylation sites (N-methyl/N-ethyl adjacent to an activating group) is 1. The van der Waals surface area contributed by atoms with Gasteiger partial charge in [0.2, 0.25) is 0 Å². The van der Waals surface area contributed by atoms with E-state index in [1.165, 1.54) is 44.9 Å². The summed E-state index contributed by atoms with van der Waals surface area (Å²) in [6, 6.07) is 0.174. The average molecular weight is 338 g/mol. The van der Waals surface area contributed by atoms with Gasteiger partial charge in [-0.1, -0.05) is 57.8 Å². The largest absolute Gasteiger partial charge is 0.345 e. The molecule has 5 heteroatoms. The highest BCUT2D eigenvalue weighted by molar-refractivity contribution is 6.35. The van der Waals surface area contributed by atoms with Crippen molar-refractivity contribution >= 4 is 11.8 Å². The van der Waals surface area contributed by atoms with Crippen LogP contribution in [0.3, 0.4) is 0 Å². The third-order valence-corrected chi connectivity index (χ3v) is 5.43. The van der Waals surface area contributed by atoms with Crippen LogP contribution in [0, 0.1) is 0 Å². The van der Waals surface area contributed by atoms with E-state index in [0.29, 0.717) is 13.1 Å². The number of carbonyl (C=O) groups excluding carboxylic acids is 2. The molecule has 0 unspecified atom stereocenters. The Morgan fingerprint density at radius 1 is 0.750 bits per heavy atom. The molecule has 1 aliphatic heterocycles. The zero-order chi connectivity index (χ0) is 17.2. The topological polar surface area (TPSA) is 52.7 Å². The van der Waals surface area contributed by atoms with Gasteiger partial charge in [0, 0.05) is 32.2 Å². The van der Waals surface area contributed by atoms with E-state index < -0.39 is 5.91 Å². The third-order valence-electron chi connectivity index (χ3n) is 5.43.